The van der Waals surface area contributed by atoms with Gasteiger partial charge in [0, 0.05) is 37.0 Å². The van der Waals surface area contributed by atoms with E-state index in [2.05, 4.69) is 57.3 Å². The largest absolute Gasteiger partial charge is 0.383 e. The molecular formula is C33H57N8O5+. The van der Waals surface area contributed by atoms with Gasteiger partial charge in [-0.2, -0.15) is 0 Å². The highest BCUT2D eigenvalue weighted by atomic mass is 16.2. The second-order valence-corrected chi connectivity index (χ2v) is 12.6. The van der Waals surface area contributed by atoms with E-state index in [1.807, 2.05) is 34.6 Å². The molecule has 0 radical (unpaired) electrons. The van der Waals surface area contributed by atoms with E-state index in [-0.39, 0.29) is 42.0 Å². The van der Waals surface area contributed by atoms with E-state index in [1.54, 1.807) is 31.5 Å². The van der Waals surface area contributed by atoms with Crippen LogP contribution in [0, 0.1) is 17.8 Å². The maximum absolute atomic E-state index is 13.5. The number of rotatable bonds is 21. The van der Waals surface area contributed by atoms with Gasteiger partial charge in [0.1, 0.15) is 12.1 Å². The van der Waals surface area contributed by atoms with E-state index >= 15 is 0 Å². The van der Waals surface area contributed by atoms with E-state index < -0.39 is 41.9 Å². The molecule has 13 nitrogen and oxygen atoms in total. The number of amides is 5. The van der Waals surface area contributed by atoms with Crippen molar-refractivity contribution in [3.8, 4) is 0 Å². The lowest BCUT2D eigenvalue weighted by Crippen LogP contribution is -2.56. The lowest BCUT2D eigenvalue weighted by Gasteiger charge is -2.31. The Bertz CT molecular complexity index is 1160. The first-order valence-corrected chi connectivity index (χ1v) is 16.2. The van der Waals surface area contributed by atoms with Crippen molar-refractivity contribution in [1.82, 2.24) is 31.9 Å². The molecule has 0 aromatic carbocycles. The zero-order valence-electron chi connectivity index (χ0n) is 28.8. The van der Waals surface area contributed by atoms with Crippen molar-refractivity contribution in [2.75, 3.05) is 13.1 Å². The Kier molecular flexibility index (Phi) is 17.6. The van der Waals surface area contributed by atoms with Crippen LogP contribution in [0.3, 0.4) is 0 Å². The molecule has 1 rings (SSSR count). The van der Waals surface area contributed by atoms with Crippen molar-refractivity contribution in [3.63, 3.8) is 0 Å². The van der Waals surface area contributed by atoms with Gasteiger partial charge in [0.25, 0.3) is 5.91 Å². The molecule has 1 heterocycles. The molecule has 0 saturated heterocycles. The number of H-pyrrole nitrogens is 1. The highest BCUT2D eigenvalue weighted by Gasteiger charge is 2.31. The van der Waals surface area contributed by atoms with E-state index in [9.17, 15) is 24.0 Å². The molecule has 1 aromatic rings. The first-order chi connectivity index (χ1) is 21.6. The fraction of sp³-hybridized carbons (Fsp3) is 0.636. The summed E-state index contributed by atoms with van der Waals surface area (Å²) in [6.07, 6.45) is 4.34. The molecule has 0 aliphatic carbocycles. The summed E-state index contributed by atoms with van der Waals surface area (Å²) in [7, 11) is 0. The smallest absolute Gasteiger partial charge is 0.252 e. The van der Waals surface area contributed by atoms with Gasteiger partial charge in [-0.15, -0.1) is 0 Å². The van der Waals surface area contributed by atoms with E-state index in [0.29, 0.717) is 37.2 Å². The van der Waals surface area contributed by atoms with Crippen LogP contribution in [-0.4, -0.2) is 72.8 Å². The Balaban J connectivity index is 3.02. The average Bonchev–Trinajstić information content (AvgIpc) is 2.99. The summed E-state index contributed by atoms with van der Waals surface area (Å²) >= 11 is 0. The number of hydrogen-bond donors (Lipinski definition) is 7. The number of nitrogens with one attached hydrogen (secondary N) is 7. The van der Waals surface area contributed by atoms with Crippen molar-refractivity contribution in [2.45, 2.75) is 105 Å². The number of nitrogens with two attached hydrogens (primary N) is 1. The molecule has 0 fully saturated rings. The Hall–Kier alpha value is -4.00. The first kappa shape index (κ1) is 40.0. The summed E-state index contributed by atoms with van der Waals surface area (Å²) in [6, 6.07) is 0.0204. The number of pyridine rings is 1. The lowest BCUT2D eigenvalue weighted by atomic mass is 9.97. The summed E-state index contributed by atoms with van der Waals surface area (Å²) in [5.41, 5.74) is 6.33. The van der Waals surface area contributed by atoms with Crippen LogP contribution >= 0.6 is 0 Å². The third kappa shape index (κ3) is 14.0. The fourth-order valence-corrected chi connectivity index (χ4v) is 4.82. The molecule has 0 spiro atoms. The standard InChI is InChI=1S/C33H56N8O5/c1-10-21(7)29(41-31(44)24-12-14-35-15-13-24)33(46)39-26(17-27(34)42)22(8)38-25(16-19(3)4)18-37-23(9)30(43)40-28(20(5)6)32(45)36-11-2/h12-15,19-21,23,25-26,28-29,37-38H,8,10-11,16-18H2,1-7,9H3,(H2,34,42)(H,36,45)(H,39,46)(H,40,43)(H,41,44)/p+1/t21-,23-,25?,26-,28?,29?/m0/s1. The molecule has 1 aromatic heterocycles. The van der Waals surface area contributed by atoms with E-state index in [0.717, 1.165) is 0 Å². The Morgan fingerprint density at radius 1 is 0.848 bits per heavy atom. The van der Waals surface area contributed by atoms with Crippen LogP contribution in [-0.2, 0) is 19.2 Å². The maximum atomic E-state index is 13.5. The van der Waals surface area contributed by atoms with Gasteiger partial charge in [-0.1, -0.05) is 54.5 Å². The summed E-state index contributed by atoms with van der Waals surface area (Å²) in [6.45, 7) is 20.1. The predicted molar refractivity (Wildman–Crippen MR) is 178 cm³/mol. The molecule has 0 saturated carbocycles. The maximum Gasteiger partial charge on any atom is 0.252 e. The molecule has 46 heavy (non-hydrogen) atoms. The highest BCUT2D eigenvalue weighted by molar-refractivity contribution is 5.97. The van der Waals surface area contributed by atoms with Gasteiger partial charge in [-0.25, -0.2) is 4.98 Å². The number of primary amides is 1. The van der Waals surface area contributed by atoms with Gasteiger partial charge in [0.15, 0.2) is 12.4 Å². The van der Waals surface area contributed by atoms with Gasteiger partial charge in [0.05, 0.1) is 24.1 Å². The summed E-state index contributed by atoms with van der Waals surface area (Å²) in [5, 5.41) is 17.8. The van der Waals surface area contributed by atoms with Crippen LogP contribution in [0.4, 0.5) is 0 Å². The van der Waals surface area contributed by atoms with Crippen LogP contribution in [0.1, 0.15) is 85.0 Å². The minimum Gasteiger partial charge on any atom is -0.383 e. The van der Waals surface area contributed by atoms with Crippen molar-refractivity contribution in [2.24, 2.45) is 23.5 Å². The van der Waals surface area contributed by atoms with Crippen LogP contribution < -0.4 is 42.6 Å². The molecule has 3 unspecified atom stereocenters. The van der Waals surface area contributed by atoms with Crippen LogP contribution in [0.5, 0.6) is 0 Å². The molecule has 13 heteroatoms. The molecule has 0 aliphatic rings. The number of carbonyl (C=O) groups excluding carboxylic acids is 5. The quantitative estimate of drug-likeness (QED) is 0.102. The Labute approximate surface area is 274 Å². The van der Waals surface area contributed by atoms with Crippen molar-refractivity contribution in [1.29, 1.82) is 0 Å². The van der Waals surface area contributed by atoms with Crippen LogP contribution in [0.2, 0.25) is 0 Å². The predicted octanol–water partition coefficient (Wildman–Crippen LogP) is 0.778. The second-order valence-electron chi connectivity index (χ2n) is 12.6. The fourth-order valence-electron chi connectivity index (χ4n) is 4.82. The first-order valence-electron chi connectivity index (χ1n) is 16.2. The monoisotopic (exact) mass is 645 g/mol. The third-order valence-electron chi connectivity index (χ3n) is 7.71. The van der Waals surface area contributed by atoms with Crippen LogP contribution in [0.25, 0.3) is 0 Å². The van der Waals surface area contributed by atoms with Gasteiger partial charge in [-0.3, -0.25) is 24.0 Å². The molecule has 0 bridgehead atoms. The molecule has 258 valence electrons. The molecule has 5 amide bonds. The van der Waals surface area contributed by atoms with Crippen molar-refractivity contribution < 1.29 is 29.0 Å². The second kappa shape index (κ2) is 20.2. The average molecular weight is 646 g/mol. The number of aromatic amines is 1. The topological polar surface area (TPSA) is 198 Å². The zero-order chi connectivity index (χ0) is 35.0. The van der Waals surface area contributed by atoms with Gasteiger partial charge < -0.3 is 37.6 Å². The molecule has 6 atom stereocenters. The highest BCUT2D eigenvalue weighted by Crippen LogP contribution is 2.13. The molecule has 9 N–H and O–H groups in total. The SMILES string of the molecule is C=C(NC(CN[C@@H](C)C(=O)NC(C(=O)NCC)C(C)C)CC(C)C)[C@H](CC(N)=O)NC(=O)C(NC(=O)c1cc[nH+]cc1)[C@@H](C)CC. The van der Waals surface area contributed by atoms with Gasteiger partial charge in [-0.05, 0) is 38.0 Å². The normalized spacial score (nSPS) is 15.1. The minimum absolute atomic E-state index is 0.0935. The summed E-state index contributed by atoms with van der Waals surface area (Å²) in [4.78, 5) is 66.7. The molecular weight excluding hydrogens is 588 g/mol. The van der Waals surface area contributed by atoms with Gasteiger partial charge >= 0.3 is 0 Å². The number of hydrogen-bond acceptors (Lipinski definition) is 7. The van der Waals surface area contributed by atoms with Crippen LogP contribution in [0.15, 0.2) is 36.8 Å². The molecule has 0 aliphatic heterocycles. The van der Waals surface area contributed by atoms with E-state index in [4.69, 9.17) is 5.73 Å². The number of likely N-dealkylation sites (N-methyl/N-ethyl adjacent to an activating group) is 1. The Morgan fingerprint density at radius 2 is 1.48 bits per heavy atom. The van der Waals surface area contributed by atoms with Crippen molar-refractivity contribution >= 4 is 29.5 Å². The van der Waals surface area contributed by atoms with E-state index in [1.165, 1.54) is 0 Å². The summed E-state index contributed by atoms with van der Waals surface area (Å²) < 4.78 is 0. The number of aromatic nitrogens is 1. The zero-order valence-corrected chi connectivity index (χ0v) is 28.8. The summed E-state index contributed by atoms with van der Waals surface area (Å²) in [5.74, 6) is -2.06. The number of carbonyl (C=O) groups is 5. The lowest BCUT2D eigenvalue weighted by molar-refractivity contribution is -0.378. The van der Waals surface area contributed by atoms with Gasteiger partial charge in [0.2, 0.25) is 23.6 Å². The van der Waals surface area contributed by atoms with Crippen molar-refractivity contribution in [3.05, 3.63) is 42.4 Å². The minimum atomic E-state index is -0.869. The third-order valence-corrected chi connectivity index (χ3v) is 7.71. The Morgan fingerprint density at radius 3 is 2.00 bits per heavy atom.